The van der Waals surface area contributed by atoms with Gasteiger partial charge in [0.15, 0.2) is 0 Å². The number of alkyl halides is 1. The first-order valence-corrected chi connectivity index (χ1v) is 4.95. The van der Waals surface area contributed by atoms with Gasteiger partial charge in [-0.25, -0.2) is 5.48 Å². The second-order valence-electron chi connectivity index (χ2n) is 2.03. The lowest BCUT2D eigenvalue weighted by Crippen LogP contribution is -2.21. The Morgan fingerprint density at radius 2 is 1.71 bits per heavy atom. The summed E-state index contributed by atoms with van der Waals surface area (Å²) in [5, 5.41) is 15.6. The van der Waals surface area contributed by atoms with Gasteiger partial charge in [-0.05, 0) is 0 Å². The van der Waals surface area contributed by atoms with E-state index in [9.17, 15) is 14.4 Å². The minimum absolute atomic E-state index is 0.0353. The monoisotopic (exact) mass is 318 g/mol. The van der Waals surface area contributed by atoms with E-state index in [1.54, 1.807) is 22.6 Å². The fraction of sp³-hybridized carbons (Fsp3) is 0.500. The van der Waals surface area contributed by atoms with E-state index in [0.717, 1.165) is 0 Å². The molecule has 0 saturated heterocycles. The second kappa shape index (κ2) is 10.2. The van der Waals surface area contributed by atoms with E-state index >= 15 is 0 Å². The van der Waals surface area contributed by atoms with Crippen molar-refractivity contribution in [3.63, 3.8) is 0 Å². The molecular weight excluding hydrogens is 307 g/mol. The van der Waals surface area contributed by atoms with Crippen LogP contribution in [0.15, 0.2) is 0 Å². The molecule has 0 bridgehead atoms. The topological polar surface area (TPSA) is 130 Å². The van der Waals surface area contributed by atoms with Gasteiger partial charge in [-0.2, -0.15) is 0 Å². The van der Waals surface area contributed by atoms with Crippen molar-refractivity contribution in [1.82, 2.24) is 5.48 Å². The summed E-state index contributed by atoms with van der Waals surface area (Å²) in [6.45, 7) is 0. The van der Waals surface area contributed by atoms with Gasteiger partial charge in [0.1, 0.15) is 0 Å². The van der Waals surface area contributed by atoms with Gasteiger partial charge in [-0.1, -0.05) is 22.6 Å². The highest BCUT2D eigenvalue weighted by Crippen LogP contribution is 1.84. The van der Waals surface area contributed by atoms with Crippen LogP contribution in [-0.4, -0.2) is 32.5 Å². The van der Waals surface area contributed by atoms with Crippen LogP contribution in [0.3, 0.4) is 0 Å². The molecule has 0 atom stereocenters. The molecule has 8 heteroatoms. The fourth-order valence-corrected chi connectivity index (χ4v) is 0.293. The molecule has 0 aromatic heterocycles. The molecule has 0 aliphatic rings. The van der Waals surface area contributed by atoms with Crippen molar-refractivity contribution in [2.24, 2.45) is 5.73 Å². The number of carbonyl (C=O) groups is 3. The largest absolute Gasteiger partial charge is 0.481 e. The van der Waals surface area contributed by atoms with Crippen molar-refractivity contribution in [3.05, 3.63) is 0 Å². The smallest absolute Gasteiger partial charge is 0.313 e. The van der Waals surface area contributed by atoms with Crippen LogP contribution >= 0.6 is 22.6 Å². The summed E-state index contributed by atoms with van der Waals surface area (Å²) in [7, 11) is 0. The van der Waals surface area contributed by atoms with Crippen LogP contribution in [0.1, 0.15) is 12.8 Å². The number of nitrogens with two attached hydrogens (primary N) is 1. The molecule has 14 heavy (non-hydrogen) atoms. The molecule has 0 fully saturated rings. The zero-order valence-electron chi connectivity index (χ0n) is 7.20. The maximum atomic E-state index is 10.1. The molecular formula is C6H11IN2O5. The molecule has 0 spiro atoms. The Labute approximate surface area is 93.7 Å². The Morgan fingerprint density at radius 1 is 1.29 bits per heavy atom. The van der Waals surface area contributed by atoms with E-state index in [0.29, 0.717) is 0 Å². The van der Waals surface area contributed by atoms with Gasteiger partial charge in [0, 0.05) is 12.8 Å². The number of hydrogen-bond acceptors (Lipinski definition) is 4. The first kappa shape index (κ1) is 15.6. The van der Waals surface area contributed by atoms with Gasteiger partial charge >= 0.3 is 5.97 Å². The van der Waals surface area contributed by atoms with Gasteiger partial charge in [-0.3, -0.25) is 19.6 Å². The number of rotatable bonds is 4. The summed E-state index contributed by atoms with van der Waals surface area (Å²) in [6, 6.07) is 0. The number of aliphatic carboxylic acids is 1. The van der Waals surface area contributed by atoms with Gasteiger partial charge in [0.2, 0.25) is 11.8 Å². The maximum absolute atomic E-state index is 10.1. The number of hydroxylamine groups is 1. The standard InChI is InChI=1S/C4H8N2O3.C2H3IO2/c5-3(7)1-2-4(8)6-9;3-1-2(4)5/h9H,1-2H2,(H2,5,7)(H,6,8);1H2,(H,4,5). The molecule has 7 nitrogen and oxygen atoms in total. The lowest BCUT2D eigenvalue weighted by Gasteiger charge is -1.92. The van der Waals surface area contributed by atoms with Gasteiger partial charge in [0.25, 0.3) is 0 Å². The van der Waals surface area contributed by atoms with Crippen molar-refractivity contribution in [2.45, 2.75) is 12.8 Å². The molecule has 0 aliphatic carbocycles. The minimum atomic E-state index is -0.759. The number of nitrogens with one attached hydrogen (secondary N) is 1. The van der Waals surface area contributed by atoms with Crippen LogP contribution in [0.2, 0.25) is 0 Å². The summed E-state index contributed by atoms with van der Waals surface area (Å²) >= 11 is 1.78. The number of carboxylic acid groups (broad SMARTS) is 1. The lowest BCUT2D eigenvalue weighted by molar-refractivity contribution is -0.133. The molecule has 82 valence electrons. The summed E-state index contributed by atoms with van der Waals surface area (Å²) < 4.78 is 0.192. The minimum Gasteiger partial charge on any atom is -0.481 e. The first-order valence-electron chi connectivity index (χ1n) is 3.43. The van der Waals surface area contributed by atoms with E-state index in [2.05, 4.69) is 0 Å². The maximum Gasteiger partial charge on any atom is 0.313 e. The lowest BCUT2D eigenvalue weighted by atomic mass is 10.3. The van der Waals surface area contributed by atoms with Crippen LogP contribution in [0.4, 0.5) is 0 Å². The van der Waals surface area contributed by atoms with Crippen LogP contribution in [0, 0.1) is 0 Å². The third-order valence-electron chi connectivity index (χ3n) is 0.837. The van der Waals surface area contributed by atoms with Crippen molar-refractivity contribution in [1.29, 1.82) is 0 Å². The number of hydrogen-bond donors (Lipinski definition) is 4. The van der Waals surface area contributed by atoms with Crippen molar-refractivity contribution >= 4 is 40.4 Å². The van der Waals surface area contributed by atoms with E-state index in [1.165, 1.54) is 5.48 Å². The molecule has 0 saturated carbocycles. The molecule has 0 heterocycles. The Kier molecular flexibility index (Phi) is 11.3. The quantitative estimate of drug-likeness (QED) is 0.235. The van der Waals surface area contributed by atoms with Crippen LogP contribution in [0.25, 0.3) is 0 Å². The predicted molar refractivity (Wildman–Crippen MR) is 54.9 cm³/mol. The summed E-state index contributed by atoms with van der Waals surface area (Å²) in [4.78, 5) is 29.5. The SMILES string of the molecule is NC(=O)CCC(=O)NO.O=C(O)CI. The number of halogens is 1. The third-order valence-corrected chi connectivity index (χ3v) is 1.49. The highest BCUT2D eigenvalue weighted by atomic mass is 127. The van der Waals surface area contributed by atoms with Crippen molar-refractivity contribution in [3.8, 4) is 0 Å². The van der Waals surface area contributed by atoms with E-state index < -0.39 is 17.8 Å². The van der Waals surface area contributed by atoms with Gasteiger partial charge < -0.3 is 10.8 Å². The molecule has 0 rings (SSSR count). The van der Waals surface area contributed by atoms with E-state index in [-0.39, 0.29) is 17.3 Å². The third kappa shape index (κ3) is 17.3. The molecule has 2 amide bonds. The first-order chi connectivity index (χ1) is 6.43. The van der Waals surface area contributed by atoms with Gasteiger partial charge in [-0.15, -0.1) is 0 Å². The Bertz CT molecular complexity index is 208. The van der Waals surface area contributed by atoms with Crippen LogP contribution < -0.4 is 11.2 Å². The van der Waals surface area contributed by atoms with E-state index in [4.69, 9.17) is 16.0 Å². The molecule has 0 aromatic carbocycles. The fourth-order valence-electron chi connectivity index (χ4n) is 0.293. The summed E-state index contributed by atoms with van der Waals surface area (Å²) in [6.07, 6.45) is -0.0990. The predicted octanol–water partition coefficient (Wildman–Crippen LogP) is -0.737. The van der Waals surface area contributed by atoms with Crippen LogP contribution in [0.5, 0.6) is 0 Å². The van der Waals surface area contributed by atoms with E-state index in [1.807, 2.05) is 0 Å². The highest BCUT2D eigenvalue weighted by molar-refractivity contribution is 14.1. The summed E-state index contributed by atoms with van der Waals surface area (Å²) in [5.74, 6) is -1.92. The van der Waals surface area contributed by atoms with Crippen molar-refractivity contribution < 1.29 is 24.7 Å². The average Bonchev–Trinajstić information content (AvgIpc) is 2.14. The molecule has 0 aliphatic heterocycles. The van der Waals surface area contributed by atoms with Gasteiger partial charge in [0.05, 0.1) is 4.43 Å². The zero-order valence-corrected chi connectivity index (χ0v) is 9.35. The summed E-state index contributed by atoms with van der Waals surface area (Å²) in [5.41, 5.74) is 6.07. The average molecular weight is 318 g/mol. The van der Waals surface area contributed by atoms with Crippen molar-refractivity contribution in [2.75, 3.05) is 4.43 Å². The second-order valence-corrected chi connectivity index (χ2v) is 2.79. The number of primary amides is 1. The van der Waals surface area contributed by atoms with Crippen LogP contribution in [-0.2, 0) is 14.4 Å². The zero-order chi connectivity index (χ0) is 11.6. The molecule has 0 radical (unpaired) electrons. The number of carboxylic acids is 1. The number of amides is 2. The Balaban J connectivity index is 0. The molecule has 0 aromatic rings. The Hall–Kier alpha value is -0.900. The Morgan fingerprint density at radius 3 is 1.93 bits per heavy atom. The number of carbonyl (C=O) groups excluding carboxylic acids is 2. The molecule has 5 N–H and O–H groups in total. The molecule has 0 unspecified atom stereocenters. The highest BCUT2D eigenvalue weighted by Gasteiger charge is 2.00. The normalized spacial score (nSPS) is 8.14.